The van der Waals surface area contributed by atoms with Gasteiger partial charge in [0, 0.05) is 11.4 Å². The van der Waals surface area contributed by atoms with Crippen molar-refractivity contribution in [2.75, 3.05) is 11.5 Å². The molecule has 2 nitrogen and oxygen atoms in total. The summed E-state index contributed by atoms with van der Waals surface area (Å²) < 4.78 is 0. The van der Waals surface area contributed by atoms with Crippen LogP contribution in [0.2, 0.25) is 0 Å². The molecule has 0 heterocycles. The molecule has 1 rings (SSSR count). The lowest BCUT2D eigenvalue weighted by molar-refractivity contribution is 1.09. The van der Waals surface area contributed by atoms with Crippen molar-refractivity contribution >= 4 is 11.4 Å². The van der Waals surface area contributed by atoms with Crippen LogP contribution in [-0.4, -0.2) is 0 Å². The molecule has 13 heavy (non-hydrogen) atoms. The van der Waals surface area contributed by atoms with Gasteiger partial charge in [0.1, 0.15) is 0 Å². The Bertz CT molecular complexity index is 316. The van der Waals surface area contributed by atoms with Crippen LogP contribution in [0.15, 0.2) is 6.07 Å². The van der Waals surface area contributed by atoms with Crippen molar-refractivity contribution in [2.45, 2.75) is 26.7 Å². The molecule has 0 aromatic heterocycles. The van der Waals surface area contributed by atoms with Crippen LogP contribution in [0.5, 0.6) is 0 Å². The van der Waals surface area contributed by atoms with Gasteiger partial charge in [-0.3, -0.25) is 0 Å². The third-order valence-corrected chi connectivity index (χ3v) is 2.43. The molecular formula is C11H17N2. The first kappa shape index (κ1) is 9.90. The van der Waals surface area contributed by atoms with Crippen molar-refractivity contribution < 1.29 is 0 Å². The Morgan fingerprint density at radius 2 is 1.77 bits per heavy atom. The summed E-state index contributed by atoms with van der Waals surface area (Å²) in [6.07, 6.45) is 1.80. The van der Waals surface area contributed by atoms with Crippen LogP contribution < -0.4 is 11.5 Å². The molecule has 0 unspecified atom stereocenters. The first-order valence-corrected chi connectivity index (χ1v) is 4.63. The van der Waals surface area contributed by atoms with Gasteiger partial charge >= 0.3 is 0 Å². The molecule has 0 atom stereocenters. The van der Waals surface area contributed by atoms with Crippen LogP contribution in [0.3, 0.4) is 0 Å². The molecule has 1 radical (unpaired) electrons. The molecule has 0 saturated carbocycles. The van der Waals surface area contributed by atoms with E-state index in [0.29, 0.717) is 0 Å². The van der Waals surface area contributed by atoms with Crippen LogP contribution >= 0.6 is 0 Å². The maximum absolute atomic E-state index is 5.97. The highest BCUT2D eigenvalue weighted by molar-refractivity contribution is 5.69. The number of hydrogen-bond acceptors (Lipinski definition) is 2. The van der Waals surface area contributed by atoms with Crippen molar-refractivity contribution in [1.82, 2.24) is 0 Å². The summed E-state index contributed by atoms with van der Waals surface area (Å²) in [4.78, 5) is 0. The molecule has 0 saturated heterocycles. The average Bonchev–Trinajstić information content (AvgIpc) is 2.12. The lowest BCUT2D eigenvalue weighted by atomic mass is 9.98. The zero-order valence-electron chi connectivity index (χ0n) is 8.35. The van der Waals surface area contributed by atoms with Gasteiger partial charge < -0.3 is 11.5 Å². The van der Waals surface area contributed by atoms with E-state index in [0.717, 1.165) is 40.9 Å². The molecule has 0 amide bonds. The van der Waals surface area contributed by atoms with E-state index in [-0.39, 0.29) is 0 Å². The predicted octanol–water partition coefficient (Wildman–Crippen LogP) is 2.16. The summed E-state index contributed by atoms with van der Waals surface area (Å²) in [6.45, 7) is 8.04. The van der Waals surface area contributed by atoms with Crippen molar-refractivity contribution in [2.24, 2.45) is 0 Å². The second-order valence-corrected chi connectivity index (χ2v) is 3.21. The largest absolute Gasteiger partial charge is 0.398 e. The Kier molecular flexibility index (Phi) is 2.81. The summed E-state index contributed by atoms with van der Waals surface area (Å²) in [5, 5.41) is 0. The number of nitrogen functional groups attached to an aromatic ring is 2. The molecule has 0 aliphatic heterocycles. The number of aryl methyl sites for hydroxylation is 1. The number of rotatable bonds is 2. The van der Waals surface area contributed by atoms with Gasteiger partial charge in [0.15, 0.2) is 0 Å². The second kappa shape index (κ2) is 3.69. The lowest BCUT2D eigenvalue weighted by Crippen LogP contribution is -2.05. The second-order valence-electron chi connectivity index (χ2n) is 3.21. The van der Waals surface area contributed by atoms with E-state index >= 15 is 0 Å². The van der Waals surface area contributed by atoms with E-state index < -0.39 is 0 Å². The van der Waals surface area contributed by atoms with Crippen LogP contribution in [0, 0.1) is 6.92 Å². The first-order chi connectivity index (χ1) is 6.11. The minimum absolute atomic E-state index is 0.747. The first-order valence-electron chi connectivity index (χ1n) is 4.63. The lowest BCUT2D eigenvalue weighted by Gasteiger charge is -2.13. The highest BCUT2D eigenvalue weighted by Crippen LogP contribution is 2.28. The monoisotopic (exact) mass is 177 g/mol. The molecule has 4 N–H and O–H groups in total. The van der Waals surface area contributed by atoms with Gasteiger partial charge in [-0.25, -0.2) is 0 Å². The highest BCUT2D eigenvalue weighted by Gasteiger charge is 2.08. The van der Waals surface area contributed by atoms with Gasteiger partial charge in [-0.15, -0.1) is 0 Å². The van der Waals surface area contributed by atoms with Crippen LogP contribution in [0.25, 0.3) is 0 Å². The standard InChI is InChI=1S/C11H17N2/c1-4-8-6-7(3)10(12)9(5-2)11(8)13/h6H,3-5,12-13H2,1-2H3. The Hall–Kier alpha value is -1.18. The normalized spacial score (nSPS) is 10.4. The summed E-state index contributed by atoms with van der Waals surface area (Å²) >= 11 is 0. The smallest absolute Gasteiger partial charge is 0.0400 e. The number of anilines is 2. The molecule has 0 fully saturated rings. The fourth-order valence-corrected chi connectivity index (χ4v) is 1.57. The molecule has 0 bridgehead atoms. The van der Waals surface area contributed by atoms with Crippen LogP contribution in [0.1, 0.15) is 30.5 Å². The maximum Gasteiger partial charge on any atom is 0.0400 e. The average molecular weight is 177 g/mol. The molecule has 71 valence electrons. The Balaban J connectivity index is 3.39. The van der Waals surface area contributed by atoms with E-state index in [9.17, 15) is 0 Å². The van der Waals surface area contributed by atoms with Gasteiger partial charge in [-0.05, 0) is 36.5 Å². The van der Waals surface area contributed by atoms with Crippen molar-refractivity contribution in [3.63, 3.8) is 0 Å². The zero-order valence-corrected chi connectivity index (χ0v) is 8.35. The van der Waals surface area contributed by atoms with E-state index in [1.807, 2.05) is 6.07 Å². The van der Waals surface area contributed by atoms with Gasteiger partial charge in [0.25, 0.3) is 0 Å². The van der Waals surface area contributed by atoms with E-state index in [1.165, 1.54) is 0 Å². The van der Waals surface area contributed by atoms with Gasteiger partial charge in [-0.2, -0.15) is 0 Å². The Morgan fingerprint density at radius 1 is 1.15 bits per heavy atom. The topological polar surface area (TPSA) is 52.0 Å². The quantitative estimate of drug-likeness (QED) is 0.680. The molecule has 0 aliphatic carbocycles. The number of nitrogens with two attached hydrogens (primary N) is 2. The third kappa shape index (κ3) is 1.62. The molecular weight excluding hydrogens is 160 g/mol. The van der Waals surface area contributed by atoms with Crippen molar-refractivity contribution in [3.8, 4) is 0 Å². The van der Waals surface area contributed by atoms with E-state index in [4.69, 9.17) is 11.5 Å². The van der Waals surface area contributed by atoms with Crippen molar-refractivity contribution in [1.29, 1.82) is 0 Å². The predicted molar refractivity (Wildman–Crippen MR) is 58.5 cm³/mol. The minimum atomic E-state index is 0.747. The maximum atomic E-state index is 5.97. The van der Waals surface area contributed by atoms with E-state index in [1.54, 1.807) is 0 Å². The van der Waals surface area contributed by atoms with Gasteiger partial charge in [0.05, 0.1) is 0 Å². The molecule has 1 aromatic rings. The fraction of sp³-hybridized carbons (Fsp3) is 0.364. The molecule has 0 aliphatic rings. The zero-order chi connectivity index (χ0) is 10.0. The van der Waals surface area contributed by atoms with E-state index in [2.05, 4.69) is 20.8 Å². The summed E-state index contributed by atoms with van der Waals surface area (Å²) in [5.74, 6) is 0. The summed E-state index contributed by atoms with van der Waals surface area (Å²) in [5.41, 5.74) is 16.5. The molecule has 1 aromatic carbocycles. The third-order valence-electron chi connectivity index (χ3n) is 2.43. The number of hydrogen-bond donors (Lipinski definition) is 2. The van der Waals surface area contributed by atoms with Crippen LogP contribution in [0.4, 0.5) is 11.4 Å². The highest BCUT2D eigenvalue weighted by atomic mass is 14.6. The Labute approximate surface area is 79.9 Å². The van der Waals surface area contributed by atoms with Crippen molar-refractivity contribution in [3.05, 3.63) is 29.7 Å². The summed E-state index contributed by atoms with van der Waals surface area (Å²) in [6, 6.07) is 1.98. The summed E-state index contributed by atoms with van der Waals surface area (Å²) in [7, 11) is 0. The fourth-order valence-electron chi connectivity index (χ4n) is 1.57. The van der Waals surface area contributed by atoms with Gasteiger partial charge in [0.2, 0.25) is 0 Å². The Morgan fingerprint density at radius 3 is 2.23 bits per heavy atom. The van der Waals surface area contributed by atoms with Gasteiger partial charge in [-0.1, -0.05) is 19.9 Å². The molecule has 0 spiro atoms. The minimum Gasteiger partial charge on any atom is -0.398 e. The molecule has 2 heteroatoms. The van der Waals surface area contributed by atoms with Crippen LogP contribution in [-0.2, 0) is 12.8 Å². The SMILES string of the molecule is [CH2]c1cc(CC)c(N)c(CC)c1N. The number of benzene rings is 1.